The zero-order valence-corrected chi connectivity index (χ0v) is 13.4. The molecule has 0 spiro atoms. The van der Waals surface area contributed by atoms with Crippen LogP contribution >= 0.6 is 11.8 Å². The molecule has 1 saturated heterocycles. The molecule has 0 aliphatic carbocycles. The summed E-state index contributed by atoms with van der Waals surface area (Å²) in [4.78, 5) is 11.3. The first-order valence-corrected chi connectivity index (χ1v) is 8.84. The van der Waals surface area contributed by atoms with E-state index in [4.69, 9.17) is 0 Å². The van der Waals surface area contributed by atoms with E-state index in [1.54, 1.807) is 13.8 Å². The average molecular weight is 310 g/mol. The Morgan fingerprint density at radius 3 is 2.32 bits per heavy atom. The van der Waals surface area contributed by atoms with E-state index in [1.807, 2.05) is 13.8 Å². The van der Waals surface area contributed by atoms with Crippen molar-refractivity contribution in [2.75, 3.05) is 18.8 Å². The van der Waals surface area contributed by atoms with Gasteiger partial charge in [0.1, 0.15) is 6.04 Å². The Labute approximate surface area is 119 Å². The smallest absolute Gasteiger partial charge is 0.322 e. The Morgan fingerprint density at radius 2 is 1.95 bits per heavy atom. The molecular formula is C11H22N2O4S2. The van der Waals surface area contributed by atoms with E-state index >= 15 is 0 Å². The fourth-order valence-corrected chi connectivity index (χ4v) is 6.03. The third kappa shape index (κ3) is 3.24. The number of carboxylic acid groups (broad SMARTS) is 1. The van der Waals surface area contributed by atoms with Crippen molar-refractivity contribution >= 4 is 27.9 Å². The Morgan fingerprint density at radius 1 is 1.42 bits per heavy atom. The second-order valence-corrected chi connectivity index (χ2v) is 7.73. The van der Waals surface area contributed by atoms with Crippen molar-refractivity contribution in [2.24, 2.45) is 5.92 Å². The Hall–Kier alpha value is -0.310. The molecule has 6 nitrogen and oxygen atoms in total. The van der Waals surface area contributed by atoms with Gasteiger partial charge in [0.25, 0.3) is 10.2 Å². The predicted molar refractivity (Wildman–Crippen MR) is 76.2 cm³/mol. The molecule has 2 atom stereocenters. The predicted octanol–water partition coefficient (Wildman–Crippen LogP) is 1.06. The molecule has 1 fully saturated rings. The third-order valence-electron chi connectivity index (χ3n) is 3.14. The van der Waals surface area contributed by atoms with E-state index in [-0.39, 0.29) is 11.3 Å². The molecule has 1 rings (SSSR count). The van der Waals surface area contributed by atoms with Crippen molar-refractivity contribution in [1.82, 2.24) is 8.61 Å². The number of aliphatic carboxylic acids is 1. The van der Waals surface area contributed by atoms with Gasteiger partial charge in [0, 0.05) is 18.8 Å². The third-order valence-corrected chi connectivity index (χ3v) is 7.07. The molecule has 0 saturated carbocycles. The molecule has 1 aliphatic rings. The fourth-order valence-electron chi connectivity index (χ4n) is 2.16. The molecule has 0 aromatic rings. The average Bonchev–Trinajstić information content (AvgIpc) is 2.75. The monoisotopic (exact) mass is 310 g/mol. The van der Waals surface area contributed by atoms with Crippen LogP contribution in [0.3, 0.4) is 0 Å². The molecule has 0 bridgehead atoms. The summed E-state index contributed by atoms with van der Waals surface area (Å²) < 4.78 is 27.7. The summed E-state index contributed by atoms with van der Waals surface area (Å²) >= 11 is 1.40. The zero-order valence-electron chi connectivity index (χ0n) is 11.7. The van der Waals surface area contributed by atoms with E-state index in [1.165, 1.54) is 20.4 Å². The minimum atomic E-state index is -3.72. The van der Waals surface area contributed by atoms with Crippen LogP contribution in [0.15, 0.2) is 0 Å². The van der Waals surface area contributed by atoms with Crippen LogP contribution in [0, 0.1) is 5.92 Å². The molecule has 0 amide bonds. The lowest BCUT2D eigenvalue weighted by Gasteiger charge is -2.32. The lowest BCUT2D eigenvalue weighted by atomic mass is 10.2. The van der Waals surface area contributed by atoms with E-state index in [0.29, 0.717) is 18.8 Å². The zero-order chi connectivity index (χ0) is 14.8. The van der Waals surface area contributed by atoms with Gasteiger partial charge in [-0.05, 0) is 5.92 Å². The van der Waals surface area contributed by atoms with E-state index in [9.17, 15) is 18.3 Å². The van der Waals surface area contributed by atoms with E-state index < -0.39 is 22.2 Å². The first kappa shape index (κ1) is 16.7. The maximum Gasteiger partial charge on any atom is 0.322 e. The molecule has 1 heterocycles. The fraction of sp³-hybridized carbons (Fsp3) is 0.909. The van der Waals surface area contributed by atoms with Gasteiger partial charge >= 0.3 is 5.97 Å². The lowest BCUT2D eigenvalue weighted by Crippen LogP contribution is -2.52. The number of carbonyl (C=O) groups is 1. The van der Waals surface area contributed by atoms with Crippen LogP contribution in [0.4, 0.5) is 0 Å². The van der Waals surface area contributed by atoms with Gasteiger partial charge in [-0.3, -0.25) is 4.79 Å². The van der Waals surface area contributed by atoms with Crippen LogP contribution in [0.2, 0.25) is 0 Å². The van der Waals surface area contributed by atoms with Gasteiger partial charge in [-0.1, -0.05) is 27.7 Å². The highest BCUT2D eigenvalue weighted by Gasteiger charge is 2.48. The summed E-state index contributed by atoms with van der Waals surface area (Å²) in [6.45, 7) is 8.02. The van der Waals surface area contributed by atoms with Crippen molar-refractivity contribution in [3.05, 3.63) is 0 Å². The molecule has 19 heavy (non-hydrogen) atoms. The highest BCUT2D eigenvalue weighted by atomic mass is 32.2. The number of hydrogen-bond donors (Lipinski definition) is 1. The maximum atomic E-state index is 12.6. The molecule has 0 aromatic carbocycles. The van der Waals surface area contributed by atoms with Crippen molar-refractivity contribution in [3.8, 4) is 0 Å². The highest BCUT2D eigenvalue weighted by Crippen LogP contribution is 2.37. The van der Waals surface area contributed by atoms with Crippen LogP contribution < -0.4 is 0 Å². The summed E-state index contributed by atoms with van der Waals surface area (Å²) in [5, 5.41) is 8.92. The minimum absolute atomic E-state index is 0.0692. The largest absolute Gasteiger partial charge is 0.480 e. The molecule has 0 radical (unpaired) electrons. The van der Waals surface area contributed by atoms with Crippen LogP contribution in [-0.4, -0.2) is 58.4 Å². The summed E-state index contributed by atoms with van der Waals surface area (Å²) in [7, 11) is -3.72. The first-order valence-electron chi connectivity index (χ1n) is 6.40. The van der Waals surface area contributed by atoms with Gasteiger partial charge in [-0.25, -0.2) is 0 Å². The van der Waals surface area contributed by atoms with E-state index in [0.717, 1.165) is 0 Å². The molecule has 8 heteroatoms. The van der Waals surface area contributed by atoms with Gasteiger partial charge in [-0.15, -0.1) is 11.8 Å². The number of thioether (sulfide) groups is 1. The molecule has 1 N–H and O–H groups in total. The Kier molecular flexibility index (Phi) is 5.66. The Bertz CT molecular complexity index is 420. The molecule has 112 valence electrons. The van der Waals surface area contributed by atoms with Gasteiger partial charge in [0.2, 0.25) is 0 Å². The number of hydrogen-bond acceptors (Lipinski definition) is 4. The molecule has 1 aliphatic heterocycles. The van der Waals surface area contributed by atoms with Crippen LogP contribution in [0.5, 0.6) is 0 Å². The van der Waals surface area contributed by atoms with Gasteiger partial charge in [-0.2, -0.15) is 17.0 Å². The number of rotatable bonds is 6. The maximum absolute atomic E-state index is 12.6. The normalized spacial score (nSPS) is 25.4. The highest BCUT2D eigenvalue weighted by molar-refractivity contribution is 8.01. The van der Waals surface area contributed by atoms with E-state index in [2.05, 4.69) is 0 Å². The summed E-state index contributed by atoms with van der Waals surface area (Å²) in [5.74, 6) is -0.704. The molecule has 0 aromatic heterocycles. The topological polar surface area (TPSA) is 77.9 Å². The van der Waals surface area contributed by atoms with Gasteiger partial charge in [0.05, 0.1) is 5.37 Å². The van der Waals surface area contributed by atoms with Gasteiger partial charge < -0.3 is 5.11 Å². The lowest BCUT2D eigenvalue weighted by molar-refractivity contribution is -0.140. The summed E-state index contributed by atoms with van der Waals surface area (Å²) in [6.07, 6.45) is 0. The minimum Gasteiger partial charge on any atom is -0.480 e. The van der Waals surface area contributed by atoms with Crippen LogP contribution in [0.1, 0.15) is 27.7 Å². The number of nitrogens with zero attached hydrogens (tertiary/aromatic N) is 2. The van der Waals surface area contributed by atoms with Crippen molar-refractivity contribution in [2.45, 2.75) is 39.1 Å². The second kappa shape index (κ2) is 6.43. The SMILES string of the molecule is CCN(CC)S(=O)(=O)N1C(C(=O)O)CSC1C(C)C. The van der Waals surface area contributed by atoms with Crippen molar-refractivity contribution < 1.29 is 18.3 Å². The molecule has 2 unspecified atom stereocenters. The van der Waals surface area contributed by atoms with Crippen LogP contribution in [-0.2, 0) is 15.0 Å². The number of carboxylic acids is 1. The van der Waals surface area contributed by atoms with Crippen molar-refractivity contribution in [1.29, 1.82) is 0 Å². The quantitative estimate of drug-likeness (QED) is 0.793. The standard InChI is InChI=1S/C11H22N2O4S2/c1-5-12(6-2)19(16,17)13-9(11(14)15)7-18-10(13)8(3)4/h8-10H,5-7H2,1-4H3,(H,14,15). The second-order valence-electron chi connectivity index (χ2n) is 4.74. The van der Waals surface area contributed by atoms with Gasteiger partial charge in [0.15, 0.2) is 0 Å². The summed E-state index contributed by atoms with van der Waals surface area (Å²) in [5.41, 5.74) is 0. The molecular weight excluding hydrogens is 288 g/mol. The Balaban J connectivity index is 3.18. The summed E-state index contributed by atoms with van der Waals surface area (Å²) in [6, 6.07) is -0.969. The van der Waals surface area contributed by atoms with Crippen molar-refractivity contribution in [3.63, 3.8) is 0 Å². The van der Waals surface area contributed by atoms with Crippen LogP contribution in [0.25, 0.3) is 0 Å². The first-order chi connectivity index (χ1) is 8.77.